The Labute approximate surface area is 150 Å². The summed E-state index contributed by atoms with van der Waals surface area (Å²) in [6.45, 7) is 0.623. The fourth-order valence-electron chi connectivity index (χ4n) is 2.41. The van der Waals surface area contributed by atoms with E-state index < -0.39 is 0 Å². The predicted octanol–water partition coefficient (Wildman–Crippen LogP) is 4.68. The molecule has 3 nitrogen and oxygen atoms in total. The van der Waals surface area contributed by atoms with Crippen LogP contribution in [0.3, 0.4) is 0 Å². The number of halogens is 1. The number of aromatic nitrogens is 2. The number of hydrogen-bond donors (Lipinski definition) is 0. The molecule has 5 heteroatoms. The van der Waals surface area contributed by atoms with Crippen molar-refractivity contribution in [2.75, 3.05) is 0 Å². The molecule has 3 aromatic rings. The van der Waals surface area contributed by atoms with Crippen LogP contribution in [0.25, 0.3) is 0 Å². The molecule has 24 heavy (non-hydrogen) atoms. The van der Waals surface area contributed by atoms with Crippen LogP contribution in [0.2, 0.25) is 5.15 Å². The number of benzene rings is 2. The van der Waals surface area contributed by atoms with Gasteiger partial charge in [0.1, 0.15) is 5.15 Å². The van der Waals surface area contributed by atoms with Crippen molar-refractivity contribution in [3.63, 3.8) is 0 Å². The van der Waals surface area contributed by atoms with Crippen molar-refractivity contribution >= 4 is 23.4 Å². The van der Waals surface area contributed by atoms with Gasteiger partial charge in [0.2, 0.25) is 0 Å². The summed E-state index contributed by atoms with van der Waals surface area (Å²) in [7, 11) is 0. The van der Waals surface area contributed by atoms with Crippen molar-refractivity contribution in [2.24, 2.45) is 0 Å². The highest BCUT2D eigenvalue weighted by Gasteiger charge is 2.09. The monoisotopic (exact) mass is 356 g/mol. The Morgan fingerprint density at radius 3 is 2.38 bits per heavy atom. The summed E-state index contributed by atoms with van der Waals surface area (Å²) >= 11 is 7.44. The summed E-state index contributed by atoms with van der Waals surface area (Å²) in [5, 5.41) is 0.751. The standard InChI is InChI=1S/C19H17ClN2OS/c20-17-14-22(13-7-10-15-8-3-1-4-9-15)19(23)18(21-17)24-16-11-5-2-6-12-16/h1-6,8-9,11-12,14H,7,10,13H2. The van der Waals surface area contributed by atoms with E-state index in [-0.39, 0.29) is 5.56 Å². The van der Waals surface area contributed by atoms with Gasteiger partial charge in [0.25, 0.3) is 5.56 Å². The van der Waals surface area contributed by atoms with Crippen LogP contribution in [-0.4, -0.2) is 9.55 Å². The van der Waals surface area contributed by atoms with E-state index in [0.717, 1.165) is 17.7 Å². The molecule has 0 aliphatic heterocycles. The molecule has 0 aliphatic rings. The van der Waals surface area contributed by atoms with Crippen molar-refractivity contribution in [3.05, 3.63) is 87.9 Å². The molecule has 0 aliphatic carbocycles. The summed E-state index contributed by atoms with van der Waals surface area (Å²) in [6, 6.07) is 20.0. The molecule has 0 bridgehead atoms. The van der Waals surface area contributed by atoms with Crippen molar-refractivity contribution in [3.8, 4) is 0 Å². The molecular weight excluding hydrogens is 340 g/mol. The van der Waals surface area contributed by atoms with Gasteiger partial charge in [-0.05, 0) is 30.5 Å². The lowest BCUT2D eigenvalue weighted by molar-refractivity contribution is 0.605. The van der Waals surface area contributed by atoms with E-state index in [1.54, 1.807) is 10.8 Å². The van der Waals surface area contributed by atoms with Crippen molar-refractivity contribution in [2.45, 2.75) is 29.3 Å². The van der Waals surface area contributed by atoms with Crippen LogP contribution >= 0.6 is 23.4 Å². The minimum absolute atomic E-state index is 0.0960. The molecule has 122 valence electrons. The SMILES string of the molecule is O=c1c(Sc2ccccc2)nc(Cl)cn1CCCc1ccccc1. The Kier molecular flexibility index (Phi) is 5.72. The zero-order valence-corrected chi connectivity index (χ0v) is 14.6. The van der Waals surface area contributed by atoms with Crippen LogP contribution in [0.1, 0.15) is 12.0 Å². The van der Waals surface area contributed by atoms with Gasteiger partial charge in [-0.1, -0.05) is 71.9 Å². The Bertz CT molecular complexity index is 850. The first-order chi connectivity index (χ1) is 11.7. The molecule has 0 saturated heterocycles. The normalized spacial score (nSPS) is 10.7. The van der Waals surface area contributed by atoms with Crippen LogP contribution in [0, 0.1) is 0 Å². The van der Waals surface area contributed by atoms with Crippen LogP contribution in [0.15, 0.2) is 81.6 Å². The first-order valence-electron chi connectivity index (χ1n) is 7.76. The second-order valence-corrected chi connectivity index (χ2v) is 6.82. The summed E-state index contributed by atoms with van der Waals surface area (Å²) in [6.07, 6.45) is 3.41. The van der Waals surface area contributed by atoms with Gasteiger partial charge >= 0.3 is 0 Å². The highest BCUT2D eigenvalue weighted by molar-refractivity contribution is 7.99. The quantitative estimate of drug-likeness (QED) is 0.643. The van der Waals surface area contributed by atoms with E-state index in [2.05, 4.69) is 17.1 Å². The van der Waals surface area contributed by atoms with E-state index in [1.807, 2.05) is 48.5 Å². The lowest BCUT2D eigenvalue weighted by Crippen LogP contribution is -2.22. The lowest BCUT2D eigenvalue weighted by atomic mass is 10.1. The van der Waals surface area contributed by atoms with E-state index in [4.69, 9.17) is 11.6 Å². The van der Waals surface area contributed by atoms with Crippen LogP contribution in [0.4, 0.5) is 0 Å². The van der Waals surface area contributed by atoms with Gasteiger partial charge in [0.15, 0.2) is 5.03 Å². The van der Waals surface area contributed by atoms with Gasteiger partial charge in [-0.15, -0.1) is 0 Å². The summed E-state index contributed by atoms with van der Waals surface area (Å²) in [5.74, 6) is 0. The topological polar surface area (TPSA) is 34.9 Å². The third-order valence-corrected chi connectivity index (χ3v) is 4.73. The van der Waals surface area contributed by atoms with Gasteiger partial charge in [-0.25, -0.2) is 4.98 Å². The van der Waals surface area contributed by atoms with Gasteiger partial charge < -0.3 is 4.57 Å². The Balaban J connectivity index is 1.72. The third kappa shape index (κ3) is 4.49. The zero-order chi connectivity index (χ0) is 16.8. The van der Waals surface area contributed by atoms with Crippen LogP contribution < -0.4 is 5.56 Å². The van der Waals surface area contributed by atoms with Gasteiger partial charge in [0.05, 0.1) is 0 Å². The minimum Gasteiger partial charge on any atom is -0.310 e. The fourth-order valence-corrected chi connectivity index (χ4v) is 3.53. The first kappa shape index (κ1) is 16.8. The molecule has 1 heterocycles. The van der Waals surface area contributed by atoms with Crippen molar-refractivity contribution < 1.29 is 0 Å². The Morgan fingerprint density at radius 2 is 1.67 bits per heavy atom. The number of aryl methyl sites for hydroxylation is 2. The van der Waals surface area contributed by atoms with E-state index in [9.17, 15) is 4.79 Å². The van der Waals surface area contributed by atoms with Gasteiger partial charge in [0, 0.05) is 17.6 Å². The molecule has 0 spiro atoms. The molecule has 0 radical (unpaired) electrons. The summed E-state index contributed by atoms with van der Waals surface area (Å²) in [5.41, 5.74) is 1.17. The largest absolute Gasteiger partial charge is 0.310 e. The molecule has 0 fully saturated rings. The third-order valence-electron chi connectivity index (χ3n) is 3.58. The zero-order valence-electron chi connectivity index (χ0n) is 13.1. The average molecular weight is 357 g/mol. The maximum atomic E-state index is 12.6. The molecule has 2 aromatic carbocycles. The minimum atomic E-state index is -0.0960. The van der Waals surface area contributed by atoms with Crippen LogP contribution in [0.5, 0.6) is 0 Å². The lowest BCUT2D eigenvalue weighted by Gasteiger charge is -2.08. The molecular formula is C19H17ClN2OS. The molecule has 0 amide bonds. The first-order valence-corrected chi connectivity index (χ1v) is 8.95. The summed E-state index contributed by atoms with van der Waals surface area (Å²) in [4.78, 5) is 17.8. The molecule has 3 rings (SSSR count). The number of hydrogen-bond acceptors (Lipinski definition) is 3. The Hall–Kier alpha value is -2.04. The second kappa shape index (κ2) is 8.18. The highest BCUT2D eigenvalue weighted by Crippen LogP contribution is 2.23. The van der Waals surface area contributed by atoms with E-state index in [0.29, 0.717) is 16.7 Å². The Morgan fingerprint density at radius 1 is 1.00 bits per heavy atom. The van der Waals surface area contributed by atoms with Gasteiger partial charge in [-0.2, -0.15) is 0 Å². The maximum Gasteiger partial charge on any atom is 0.283 e. The summed E-state index contributed by atoms with van der Waals surface area (Å²) < 4.78 is 1.66. The van der Waals surface area contributed by atoms with Crippen molar-refractivity contribution in [1.29, 1.82) is 0 Å². The molecule has 0 atom stereocenters. The van der Waals surface area contributed by atoms with Crippen molar-refractivity contribution in [1.82, 2.24) is 9.55 Å². The number of nitrogens with zero attached hydrogens (tertiary/aromatic N) is 2. The van der Waals surface area contributed by atoms with E-state index >= 15 is 0 Å². The highest BCUT2D eigenvalue weighted by atomic mass is 35.5. The smallest absolute Gasteiger partial charge is 0.283 e. The second-order valence-electron chi connectivity index (χ2n) is 5.37. The van der Waals surface area contributed by atoms with E-state index in [1.165, 1.54) is 17.3 Å². The predicted molar refractivity (Wildman–Crippen MR) is 98.8 cm³/mol. The maximum absolute atomic E-state index is 12.6. The molecule has 0 unspecified atom stereocenters. The molecule has 0 N–H and O–H groups in total. The molecule has 0 saturated carbocycles. The average Bonchev–Trinajstić information content (AvgIpc) is 2.60. The molecule has 1 aromatic heterocycles. The fraction of sp³-hybridized carbons (Fsp3) is 0.158. The number of rotatable bonds is 6. The van der Waals surface area contributed by atoms with Gasteiger partial charge in [-0.3, -0.25) is 4.79 Å². The van der Waals surface area contributed by atoms with Crippen LogP contribution in [-0.2, 0) is 13.0 Å².